The Kier molecular flexibility index (Phi) is 3.49. The normalized spacial score (nSPS) is 14.9. The number of hydrogen-bond donors (Lipinski definition) is 2. The average molecular weight is 195 g/mol. The third kappa shape index (κ3) is 2.25. The molecule has 0 saturated carbocycles. The molecule has 3 heteroatoms. The summed E-state index contributed by atoms with van der Waals surface area (Å²) in [6, 6.07) is 5.37. The molecule has 2 atom stereocenters. The van der Waals surface area contributed by atoms with E-state index in [2.05, 4.69) is 0 Å². The molecule has 1 aromatic rings. The summed E-state index contributed by atoms with van der Waals surface area (Å²) in [5.74, 6) is 0.735. The minimum Gasteiger partial charge on any atom is -0.496 e. The van der Waals surface area contributed by atoms with Crippen LogP contribution in [0.1, 0.15) is 24.1 Å². The fourth-order valence-electron chi connectivity index (χ4n) is 1.35. The Labute approximate surface area is 84.5 Å². The molecule has 1 aromatic carbocycles. The fourth-order valence-corrected chi connectivity index (χ4v) is 1.35. The van der Waals surface area contributed by atoms with Gasteiger partial charge in [-0.05, 0) is 25.5 Å². The molecule has 0 aliphatic heterocycles. The number of rotatable bonds is 3. The van der Waals surface area contributed by atoms with E-state index < -0.39 is 12.1 Å². The van der Waals surface area contributed by atoms with Crippen LogP contribution < -0.4 is 10.5 Å². The standard InChI is InChI=1S/C11H17NO2/c1-7-4-5-9(10(6-7)14-3)11(12)8(2)13/h4-6,8,11,13H,12H2,1-3H3. The average Bonchev–Trinajstić information content (AvgIpc) is 2.16. The molecule has 0 radical (unpaired) electrons. The lowest BCUT2D eigenvalue weighted by molar-refractivity contribution is 0.162. The molecule has 2 unspecified atom stereocenters. The van der Waals surface area contributed by atoms with Gasteiger partial charge in [-0.3, -0.25) is 0 Å². The van der Waals surface area contributed by atoms with E-state index in [9.17, 15) is 5.11 Å². The number of aryl methyl sites for hydroxylation is 1. The second-order valence-electron chi connectivity index (χ2n) is 3.51. The van der Waals surface area contributed by atoms with Gasteiger partial charge in [0.15, 0.2) is 0 Å². The second-order valence-corrected chi connectivity index (χ2v) is 3.51. The predicted octanol–water partition coefficient (Wildman–Crippen LogP) is 1.38. The Morgan fingerprint density at radius 3 is 2.57 bits per heavy atom. The number of nitrogens with two attached hydrogens (primary N) is 1. The highest BCUT2D eigenvalue weighted by atomic mass is 16.5. The van der Waals surface area contributed by atoms with Gasteiger partial charge in [0.05, 0.1) is 19.3 Å². The molecule has 0 aliphatic carbocycles. The number of ether oxygens (including phenoxy) is 1. The quantitative estimate of drug-likeness (QED) is 0.766. The van der Waals surface area contributed by atoms with Crippen molar-refractivity contribution in [2.45, 2.75) is 26.0 Å². The van der Waals surface area contributed by atoms with Gasteiger partial charge in [0.1, 0.15) is 5.75 Å². The first-order valence-electron chi connectivity index (χ1n) is 4.64. The molecule has 78 valence electrons. The highest BCUT2D eigenvalue weighted by molar-refractivity contribution is 5.39. The van der Waals surface area contributed by atoms with Gasteiger partial charge in [0.25, 0.3) is 0 Å². The maximum Gasteiger partial charge on any atom is 0.123 e. The van der Waals surface area contributed by atoms with Crippen LogP contribution in [-0.2, 0) is 0 Å². The molecular weight excluding hydrogens is 178 g/mol. The van der Waals surface area contributed by atoms with Crippen molar-refractivity contribution < 1.29 is 9.84 Å². The summed E-state index contributed by atoms with van der Waals surface area (Å²) < 4.78 is 5.21. The maximum atomic E-state index is 9.38. The summed E-state index contributed by atoms with van der Waals surface area (Å²) >= 11 is 0. The van der Waals surface area contributed by atoms with Gasteiger partial charge in [-0.1, -0.05) is 12.1 Å². The van der Waals surface area contributed by atoms with Crippen LogP contribution in [0.5, 0.6) is 5.75 Å². The molecule has 0 bridgehead atoms. The lowest BCUT2D eigenvalue weighted by atomic mass is 10.0. The first-order valence-corrected chi connectivity index (χ1v) is 4.64. The summed E-state index contributed by atoms with van der Waals surface area (Å²) in [6.07, 6.45) is -0.577. The van der Waals surface area contributed by atoms with E-state index >= 15 is 0 Å². The monoisotopic (exact) mass is 195 g/mol. The molecular formula is C11H17NO2. The van der Waals surface area contributed by atoms with E-state index in [1.807, 2.05) is 25.1 Å². The van der Waals surface area contributed by atoms with E-state index in [-0.39, 0.29) is 0 Å². The Morgan fingerprint density at radius 1 is 1.43 bits per heavy atom. The number of methoxy groups -OCH3 is 1. The molecule has 0 heterocycles. The molecule has 1 rings (SSSR count). The second kappa shape index (κ2) is 4.44. The summed E-state index contributed by atoms with van der Waals surface area (Å²) in [6.45, 7) is 3.66. The zero-order valence-corrected chi connectivity index (χ0v) is 8.82. The fraction of sp³-hybridized carbons (Fsp3) is 0.455. The van der Waals surface area contributed by atoms with Crippen molar-refractivity contribution in [1.29, 1.82) is 0 Å². The number of aliphatic hydroxyl groups excluding tert-OH is 1. The Hall–Kier alpha value is -1.06. The largest absolute Gasteiger partial charge is 0.496 e. The van der Waals surface area contributed by atoms with Gasteiger partial charge < -0.3 is 15.6 Å². The summed E-state index contributed by atoms with van der Waals surface area (Å²) in [7, 11) is 1.60. The molecule has 0 fully saturated rings. The predicted molar refractivity (Wildman–Crippen MR) is 56.3 cm³/mol. The van der Waals surface area contributed by atoms with Crippen LogP contribution in [0.4, 0.5) is 0 Å². The summed E-state index contributed by atoms with van der Waals surface area (Å²) in [4.78, 5) is 0. The summed E-state index contributed by atoms with van der Waals surface area (Å²) in [5, 5.41) is 9.38. The van der Waals surface area contributed by atoms with E-state index in [0.717, 1.165) is 16.9 Å². The van der Waals surface area contributed by atoms with E-state index in [1.165, 1.54) is 0 Å². The van der Waals surface area contributed by atoms with Crippen LogP contribution in [0.25, 0.3) is 0 Å². The molecule has 3 N–H and O–H groups in total. The van der Waals surface area contributed by atoms with Crippen LogP contribution in [0.2, 0.25) is 0 Å². The molecule has 0 aromatic heterocycles. The van der Waals surface area contributed by atoms with Crippen molar-refractivity contribution >= 4 is 0 Å². The van der Waals surface area contributed by atoms with Crippen molar-refractivity contribution in [3.8, 4) is 5.75 Å². The number of aliphatic hydroxyl groups is 1. The Balaban J connectivity index is 3.07. The molecule has 0 amide bonds. The van der Waals surface area contributed by atoms with Crippen LogP contribution in [0, 0.1) is 6.92 Å². The molecule has 0 saturated heterocycles. The third-order valence-corrected chi connectivity index (χ3v) is 2.27. The van der Waals surface area contributed by atoms with Gasteiger partial charge in [-0.25, -0.2) is 0 Å². The van der Waals surface area contributed by atoms with Crippen molar-refractivity contribution in [3.05, 3.63) is 29.3 Å². The first-order chi connectivity index (χ1) is 6.56. The van der Waals surface area contributed by atoms with E-state index in [1.54, 1.807) is 14.0 Å². The zero-order valence-electron chi connectivity index (χ0n) is 8.82. The minimum absolute atomic E-state index is 0.398. The first kappa shape index (κ1) is 11.0. The third-order valence-electron chi connectivity index (χ3n) is 2.27. The molecule has 0 spiro atoms. The van der Waals surface area contributed by atoms with Gasteiger partial charge in [0.2, 0.25) is 0 Å². The molecule has 14 heavy (non-hydrogen) atoms. The van der Waals surface area contributed by atoms with Gasteiger partial charge in [-0.2, -0.15) is 0 Å². The van der Waals surface area contributed by atoms with E-state index in [4.69, 9.17) is 10.5 Å². The topological polar surface area (TPSA) is 55.5 Å². The van der Waals surface area contributed by atoms with Gasteiger partial charge in [0, 0.05) is 5.56 Å². The van der Waals surface area contributed by atoms with Crippen molar-refractivity contribution in [2.75, 3.05) is 7.11 Å². The van der Waals surface area contributed by atoms with Gasteiger partial charge >= 0.3 is 0 Å². The van der Waals surface area contributed by atoms with Crippen LogP contribution in [0.15, 0.2) is 18.2 Å². The highest BCUT2D eigenvalue weighted by Gasteiger charge is 2.16. The smallest absolute Gasteiger partial charge is 0.123 e. The van der Waals surface area contributed by atoms with Crippen molar-refractivity contribution in [2.24, 2.45) is 5.73 Å². The Morgan fingerprint density at radius 2 is 2.07 bits per heavy atom. The minimum atomic E-state index is -0.577. The SMILES string of the molecule is COc1cc(C)ccc1C(N)C(C)O. The zero-order chi connectivity index (χ0) is 10.7. The highest BCUT2D eigenvalue weighted by Crippen LogP contribution is 2.26. The Bertz CT molecular complexity index is 310. The van der Waals surface area contributed by atoms with Crippen LogP contribution in [-0.4, -0.2) is 18.3 Å². The molecule has 3 nitrogen and oxygen atoms in total. The van der Waals surface area contributed by atoms with Crippen LogP contribution in [0.3, 0.4) is 0 Å². The van der Waals surface area contributed by atoms with Crippen molar-refractivity contribution in [1.82, 2.24) is 0 Å². The lowest BCUT2D eigenvalue weighted by Crippen LogP contribution is -2.23. The van der Waals surface area contributed by atoms with E-state index in [0.29, 0.717) is 0 Å². The van der Waals surface area contributed by atoms with Crippen LogP contribution >= 0.6 is 0 Å². The number of benzene rings is 1. The molecule has 0 aliphatic rings. The van der Waals surface area contributed by atoms with Crippen molar-refractivity contribution in [3.63, 3.8) is 0 Å². The lowest BCUT2D eigenvalue weighted by Gasteiger charge is -2.18. The maximum absolute atomic E-state index is 9.38. The summed E-state index contributed by atoms with van der Waals surface area (Å²) in [5.41, 5.74) is 7.79. The van der Waals surface area contributed by atoms with Gasteiger partial charge in [-0.15, -0.1) is 0 Å². The number of hydrogen-bond acceptors (Lipinski definition) is 3.